The standard InChI is InChI=1S/C21H25NO5/c1-5-27-17-9-7-6-8-15(17)10-11-21(23)22-14-16-12-19(25-3)20(26-4)13-18(16)24-2/h6-13H,5,14H2,1-4H3,(H,22,23)/b11-10+. The first-order valence-electron chi connectivity index (χ1n) is 8.59. The number of ether oxygens (including phenoxy) is 4. The SMILES string of the molecule is CCOc1ccccc1/C=C/C(=O)NCc1cc(OC)c(OC)cc1OC. The van der Waals surface area contributed by atoms with Crippen LogP contribution in [0.5, 0.6) is 23.0 Å². The second-order valence-corrected chi connectivity index (χ2v) is 5.54. The average Bonchev–Trinajstić information content (AvgIpc) is 2.71. The van der Waals surface area contributed by atoms with Gasteiger partial charge in [-0.25, -0.2) is 0 Å². The molecular weight excluding hydrogens is 346 g/mol. The summed E-state index contributed by atoms with van der Waals surface area (Å²) in [5.74, 6) is 2.27. The van der Waals surface area contributed by atoms with Gasteiger partial charge in [-0.3, -0.25) is 4.79 Å². The van der Waals surface area contributed by atoms with Crippen molar-refractivity contribution < 1.29 is 23.7 Å². The molecule has 6 nitrogen and oxygen atoms in total. The highest BCUT2D eigenvalue weighted by atomic mass is 16.5. The summed E-state index contributed by atoms with van der Waals surface area (Å²) in [5.41, 5.74) is 1.63. The molecule has 0 bridgehead atoms. The Morgan fingerprint density at radius 3 is 2.30 bits per heavy atom. The number of carbonyl (C=O) groups is 1. The molecule has 0 aliphatic heterocycles. The van der Waals surface area contributed by atoms with Crippen LogP contribution in [-0.4, -0.2) is 33.8 Å². The number of methoxy groups -OCH3 is 3. The van der Waals surface area contributed by atoms with Crippen LogP contribution >= 0.6 is 0 Å². The molecule has 144 valence electrons. The van der Waals surface area contributed by atoms with Crippen molar-refractivity contribution in [3.05, 3.63) is 53.6 Å². The first-order valence-corrected chi connectivity index (χ1v) is 8.59. The minimum atomic E-state index is -0.224. The molecule has 0 radical (unpaired) electrons. The van der Waals surface area contributed by atoms with E-state index in [0.717, 1.165) is 16.9 Å². The lowest BCUT2D eigenvalue weighted by atomic mass is 10.1. The predicted molar refractivity (Wildman–Crippen MR) is 105 cm³/mol. The number of carbonyl (C=O) groups excluding carboxylic acids is 1. The maximum absolute atomic E-state index is 12.2. The first kappa shape index (κ1) is 20.2. The maximum Gasteiger partial charge on any atom is 0.244 e. The van der Waals surface area contributed by atoms with Gasteiger partial charge < -0.3 is 24.3 Å². The fourth-order valence-corrected chi connectivity index (χ4v) is 2.54. The van der Waals surface area contributed by atoms with Crippen LogP contribution in [0.2, 0.25) is 0 Å². The smallest absolute Gasteiger partial charge is 0.244 e. The molecule has 0 aliphatic rings. The summed E-state index contributed by atoms with van der Waals surface area (Å²) >= 11 is 0. The van der Waals surface area contributed by atoms with Crippen molar-refractivity contribution in [2.45, 2.75) is 13.5 Å². The summed E-state index contributed by atoms with van der Waals surface area (Å²) in [4.78, 5) is 12.2. The van der Waals surface area contributed by atoms with Crippen molar-refractivity contribution >= 4 is 12.0 Å². The van der Waals surface area contributed by atoms with Gasteiger partial charge in [0.15, 0.2) is 11.5 Å². The van der Waals surface area contributed by atoms with Gasteiger partial charge >= 0.3 is 0 Å². The first-order chi connectivity index (χ1) is 13.1. The third-order valence-corrected chi connectivity index (χ3v) is 3.87. The Hall–Kier alpha value is -3.15. The largest absolute Gasteiger partial charge is 0.496 e. The number of para-hydroxylation sites is 1. The van der Waals surface area contributed by atoms with Gasteiger partial charge in [0.2, 0.25) is 5.91 Å². The van der Waals surface area contributed by atoms with Gasteiger partial charge in [0.25, 0.3) is 0 Å². The van der Waals surface area contributed by atoms with Crippen LogP contribution in [-0.2, 0) is 11.3 Å². The predicted octanol–water partition coefficient (Wildman–Crippen LogP) is 3.44. The van der Waals surface area contributed by atoms with E-state index < -0.39 is 0 Å². The second kappa shape index (κ2) is 10.1. The van der Waals surface area contributed by atoms with Crippen LogP contribution in [0.3, 0.4) is 0 Å². The van der Waals surface area contributed by atoms with Crippen LogP contribution < -0.4 is 24.3 Å². The molecule has 27 heavy (non-hydrogen) atoms. The van der Waals surface area contributed by atoms with Crippen LogP contribution in [0.1, 0.15) is 18.1 Å². The molecule has 0 spiro atoms. The van der Waals surface area contributed by atoms with Gasteiger partial charge in [-0.05, 0) is 25.1 Å². The van der Waals surface area contributed by atoms with E-state index in [-0.39, 0.29) is 5.91 Å². The van der Waals surface area contributed by atoms with Crippen LogP contribution in [0.25, 0.3) is 6.08 Å². The van der Waals surface area contributed by atoms with Gasteiger partial charge in [-0.2, -0.15) is 0 Å². The molecule has 2 aromatic rings. The molecule has 1 amide bonds. The minimum Gasteiger partial charge on any atom is -0.496 e. The third kappa shape index (κ3) is 5.41. The third-order valence-electron chi connectivity index (χ3n) is 3.87. The summed E-state index contributed by atoms with van der Waals surface area (Å²) < 4.78 is 21.5. The van der Waals surface area contributed by atoms with E-state index in [1.54, 1.807) is 39.5 Å². The molecule has 0 aromatic heterocycles. The van der Waals surface area contributed by atoms with Crippen molar-refractivity contribution in [2.75, 3.05) is 27.9 Å². The Morgan fingerprint density at radius 1 is 0.963 bits per heavy atom. The average molecular weight is 371 g/mol. The van der Waals surface area contributed by atoms with Crippen LogP contribution in [0.15, 0.2) is 42.5 Å². The molecule has 2 aromatic carbocycles. The topological polar surface area (TPSA) is 66.0 Å². The number of hydrogen-bond donors (Lipinski definition) is 1. The monoisotopic (exact) mass is 371 g/mol. The summed E-state index contributed by atoms with van der Waals surface area (Å²) in [6.45, 7) is 2.78. The highest BCUT2D eigenvalue weighted by molar-refractivity contribution is 5.92. The Morgan fingerprint density at radius 2 is 1.63 bits per heavy atom. The van der Waals surface area contributed by atoms with Gasteiger partial charge in [0, 0.05) is 29.8 Å². The quantitative estimate of drug-likeness (QED) is 0.684. The minimum absolute atomic E-state index is 0.224. The lowest BCUT2D eigenvalue weighted by molar-refractivity contribution is -0.116. The number of nitrogens with one attached hydrogen (secondary N) is 1. The van der Waals surface area contributed by atoms with Gasteiger partial charge in [0.1, 0.15) is 11.5 Å². The van der Waals surface area contributed by atoms with Crippen molar-refractivity contribution in [1.82, 2.24) is 5.32 Å². The van der Waals surface area contributed by atoms with E-state index in [1.807, 2.05) is 31.2 Å². The molecule has 1 N–H and O–H groups in total. The van der Waals surface area contributed by atoms with Crippen molar-refractivity contribution in [3.63, 3.8) is 0 Å². The van der Waals surface area contributed by atoms with Gasteiger partial charge in [-0.15, -0.1) is 0 Å². The zero-order valence-electron chi connectivity index (χ0n) is 16.1. The molecule has 0 unspecified atom stereocenters. The maximum atomic E-state index is 12.2. The summed E-state index contributed by atoms with van der Waals surface area (Å²) in [7, 11) is 4.69. The van der Waals surface area contributed by atoms with E-state index in [9.17, 15) is 4.79 Å². The number of hydrogen-bond acceptors (Lipinski definition) is 5. The highest BCUT2D eigenvalue weighted by Gasteiger charge is 2.12. The Labute approximate surface area is 159 Å². The van der Waals surface area contributed by atoms with Gasteiger partial charge in [0.05, 0.1) is 27.9 Å². The molecular formula is C21H25NO5. The lowest BCUT2D eigenvalue weighted by Crippen LogP contribution is -2.20. The van der Waals surface area contributed by atoms with E-state index in [1.165, 1.54) is 6.08 Å². The summed E-state index contributed by atoms with van der Waals surface area (Å²) in [6, 6.07) is 11.1. The molecule has 0 saturated carbocycles. The Balaban J connectivity index is 2.07. The number of amides is 1. The number of rotatable bonds is 9. The highest BCUT2D eigenvalue weighted by Crippen LogP contribution is 2.34. The van der Waals surface area contributed by atoms with Crippen LogP contribution in [0.4, 0.5) is 0 Å². The lowest BCUT2D eigenvalue weighted by Gasteiger charge is -2.14. The fourth-order valence-electron chi connectivity index (χ4n) is 2.54. The van der Waals surface area contributed by atoms with E-state index in [2.05, 4.69) is 5.32 Å². The molecule has 6 heteroatoms. The molecule has 0 atom stereocenters. The second-order valence-electron chi connectivity index (χ2n) is 5.54. The van der Waals surface area contributed by atoms with E-state index in [4.69, 9.17) is 18.9 Å². The van der Waals surface area contributed by atoms with Gasteiger partial charge in [-0.1, -0.05) is 18.2 Å². The summed E-state index contributed by atoms with van der Waals surface area (Å²) in [5, 5.41) is 2.84. The molecule has 0 aliphatic carbocycles. The molecule has 0 fully saturated rings. The van der Waals surface area contributed by atoms with Crippen molar-refractivity contribution in [3.8, 4) is 23.0 Å². The van der Waals surface area contributed by atoms with E-state index >= 15 is 0 Å². The fraction of sp³-hybridized carbons (Fsp3) is 0.286. The van der Waals surface area contributed by atoms with Crippen molar-refractivity contribution in [1.29, 1.82) is 0 Å². The molecule has 0 saturated heterocycles. The number of benzene rings is 2. The Kier molecular flexibility index (Phi) is 7.55. The zero-order chi connectivity index (χ0) is 19.6. The van der Waals surface area contributed by atoms with Crippen molar-refractivity contribution in [2.24, 2.45) is 0 Å². The molecule has 0 heterocycles. The van der Waals surface area contributed by atoms with E-state index in [0.29, 0.717) is 30.4 Å². The van der Waals surface area contributed by atoms with Crippen LogP contribution in [0, 0.1) is 0 Å². The normalized spacial score (nSPS) is 10.5. The Bertz CT molecular complexity index is 801. The molecule has 2 rings (SSSR count). The summed E-state index contributed by atoms with van der Waals surface area (Å²) in [6.07, 6.45) is 3.21. The zero-order valence-corrected chi connectivity index (χ0v) is 16.1.